The maximum Gasteiger partial charge on any atom is 0.307 e. The van der Waals surface area contributed by atoms with Crippen molar-refractivity contribution in [1.82, 2.24) is 9.88 Å². The molecule has 1 unspecified atom stereocenters. The van der Waals surface area contributed by atoms with Crippen molar-refractivity contribution in [2.24, 2.45) is 0 Å². The van der Waals surface area contributed by atoms with Gasteiger partial charge in [0, 0.05) is 24.2 Å². The molecular formula is C13H16N2O3S. The zero-order chi connectivity index (χ0) is 13.7. The smallest absolute Gasteiger partial charge is 0.307 e. The van der Waals surface area contributed by atoms with Crippen LogP contribution in [0.5, 0.6) is 0 Å². The molecular weight excluding hydrogens is 264 g/mol. The van der Waals surface area contributed by atoms with E-state index in [-0.39, 0.29) is 24.3 Å². The Labute approximate surface area is 116 Å². The van der Waals surface area contributed by atoms with E-state index in [4.69, 9.17) is 0 Å². The largest absolute Gasteiger partial charge is 0.469 e. The number of aromatic nitrogens is 1. The molecule has 5 nitrogen and oxygen atoms in total. The van der Waals surface area contributed by atoms with Crippen molar-refractivity contribution < 1.29 is 14.3 Å². The molecule has 1 saturated heterocycles. The number of thioether (sulfide) groups is 1. The molecule has 1 aromatic rings. The van der Waals surface area contributed by atoms with Crippen LogP contribution in [0.1, 0.15) is 16.9 Å². The van der Waals surface area contributed by atoms with Crippen LogP contribution in [0.3, 0.4) is 0 Å². The molecule has 1 aliphatic heterocycles. The summed E-state index contributed by atoms with van der Waals surface area (Å²) >= 11 is 1.75. The summed E-state index contributed by atoms with van der Waals surface area (Å²) in [5.41, 5.74) is 0.421. The first kappa shape index (κ1) is 13.9. The van der Waals surface area contributed by atoms with Gasteiger partial charge in [0.1, 0.15) is 5.69 Å². The fourth-order valence-electron chi connectivity index (χ4n) is 2.00. The summed E-state index contributed by atoms with van der Waals surface area (Å²) in [7, 11) is 1.36. The van der Waals surface area contributed by atoms with Gasteiger partial charge < -0.3 is 9.64 Å². The van der Waals surface area contributed by atoms with E-state index in [1.165, 1.54) is 7.11 Å². The molecule has 2 rings (SSSR count). The molecule has 102 valence electrons. The third-order valence-electron chi connectivity index (χ3n) is 3.00. The molecule has 0 radical (unpaired) electrons. The lowest BCUT2D eigenvalue weighted by molar-refractivity contribution is -0.141. The van der Waals surface area contributed by atoms with E-state index in [0.29, 0.717) is 12.2 Å². The predicted octanol–water partition coefficient (Wildman–Crippen LogP) is 1.20. The number of carbonyl (C=O) groups excluding carboxylic acids is 2. The Balaban J connectivity index is 2.11. The van der Waals surface area contributed by atoms with Crippen molar-refractivity contribution in [2.75, 3.05) is 25.2 Å². The van der Waals surface area contributed by atoms with Gasteiger partial charge in [0.15, 0.2) is 0 Å². The lowest BCUT2D eigenvalue weighted by Crippen LogP contribution is -2.47. The number of pyridine rings is 1. The van der Waals surface area contributed by atoms with Gasteiger partial charge in [-0.3, -0.25) is 14.6 Å². The van der Waals surface area contributed by atoms with Crippen LogP contribution in [0.4, 0.5) is 0 Å². The van der Waals surface area contributed by atoms with Gasteiger partial charge in [-0.1, -0.05) is 6.07 Å². The van der Waals surface area contributed by atoms with Gasteiger partial charge in [-0.25, -0.2) is 0 Å². The first-order valence-corrected chi connectivity index (χ1v) is 7.24. The highest BCUT2D eigenvalue weighted by atomic mass is 32.2. The summed E-state index contributed by atoms with van der Waals surface area (Å²) in [6, 6.07) is 5.14. The summed E-state index contributed by atoms with van der Waals surface area (Å²) in [5.74, 6) is 1.24. The molecule has 1 atom stereocenters. The maximum absolute atomic E-state index is 12.4. The van der Waals surface area contributed by atoms with Crippen molar-refractivity contribution in [3.05, 3.63) is 30.1 Å². The van der Waals surface area contributed by atoms with Crippen LogP contribution in [0, 0.1) is 0 Å². The Kier molecular flexibility index (Phi) is 4.79. The van der Waals surface area contributed by atoms with Crippen LogP contribution in [-0.2, 0) is 9.53 Å². The summed E-state index contributed by atoms with van der Waals surface area (Å²) in [5, 5.41) is 0. The van der Waals surface area contributed by atoms with E-state index in [9.17, 15) is 9.59 Å². The summed E-state index contributed by atoms with van der Waals surface area (Å²) in [6.07, 6.45) is 1.84. The van der Waals surface area contributed by atoms with Gasteiger partial charge in [-0.2, -0.15) is 11.8 Å². The third kappa shape index (κ3) is 3.47. The average Bonchev–Trinajstić information content (AvgIpc) is 2.48. The highest BCUT2D eigenvalue weighted by Gasteiger charge is 2.30. The van der Waals surface area contributed by atoms with Gasteiger partial charge in [0.25, 0.3) is 5.91 Å². The third-order valence-corrected chi connectivity index (χ3v) is 4.09. The Morgan fingerprint density at radius 1 is 1.53 bits per heavy atom. The van der Waals surface area contributed by atoms with Gasteiger partial charge in [-0.05, 0) is 12.1 Å². The first-order chi connectivity index (χ1) is 9.22. The van der Waals surface area contributed by atoms with E-state index in [1.807, 2.05) is 0 Å². The molecule has 19 heavy (non-hydrogen) atoms. The SMILES string of the molecule is COC(=O)CC1CSCCN1C(=O)c1ccccn1. The minimum absolute atomic E-state index is 0.110. The van der Waals surface area contributed by atoms with Gasteiger partial charge in [0.2, 0.25) is 0 Å². The Bertz CT molecular complexity index is 452. The second-order valence-corrected chi connectivity index (χ2v) is 5.37. The molecule has 0 bridgehead atoms. The van der Waals surface area contributed by atoms with Crippen molar-refractivity contribution >= 4 is 23.6 Å². The Hall–Kier alpha value is -1.56. The molecule has 6 heteroatoms. The van der Waals surface area contributed by atoms with E-state index in [0.717, 1.165) is 11.5 Å². The monoisotopic (exact) mass is 280 g/mol. The second-order valence-electron chi connectivity index (χ2n) is 4.22. The van der Waals surface area contributed by atoms with Crippen molar-refractivity contribution in [1.29, 1.82) is 0 Å². The van der Waals surface area contributed by atoms with E-state index in [2.05, 4.69) is 9.72 Å². The Morgan fingerprint density at radius 3 is 3.05 bits per heavy atom. The molecule has 1 aliphatic rings. The van der Waals surface area contributed by atoms with E-state index < -0.39 is 0 Å². The van der Waals surface area contributed by atoms with E-state index >= 15 is 0 Å². The average molecular weight is 280 g/mol. The molecule has 1 aromatic heterocycles. The second kappa shape index (κ2) is 6.56. The van der Waals surface area contributed by atoms with Crippen LogP contribution in [-0.4, -0.2) is 53.0 Å². The number of nitrogens with zero attached hydrogens (tertiary/aromatic N) is 2. The molecule has 0 aromatic carbocycles. The topological polar surface area (TPSA) is 59.5 Å². The molecule has 1 amide bonds. The number of ether oxygens (including phenoxy) is 1. The molecule has 0 aliphatic carbocycles. The van der Waals surface area contributed by atoms with Crippen LogP contribution in [0.25, 0.3) is 0 Å². The molecule has 0 spiro atoms. The lowest BCUT2D eigenvalue weighted by Gasteiger charge is -2.34. The zero-order valence-corrected chi connectivity index (χ0v) is 11.6. The fourth-order valence-corrected chi connectivity index (χ4v) is 3.07. The Morgan fingerprint density at radius 2 is 2.37 bits per heavy atom. The summed E-state index contributed by atoms with van der Waals surface area (Å²) < 4.78 is 4.68. The van der Waals surface area contributed by atoms with Gasteiger partial charge in [-0.15, -0.1) is 0 Å². The normalized spacial score (nSPS) is 19.0. The van der Waals surface area contributed by atoms with Gasteiger partial charge >= 0.3 is 5.97 Å². The molecule has 1 fully saturated rings. The van der Waals surface area contributed by atoms with E-state index in [1.54, 1.807) is 41.1 Å². The highest BCUT2D eigenvalue weighted by Crippen LogP contribution is 2.21. The standard InChI is InChI=1S/C13H16N2O3S/c1-18-12(16)8-10-9-19-7-6-15(10)13(17)11-4-2-3-5-14-11/h2-5,10H,6-9H2,1H3. The van der Waals surface area contributed by atoms with Crippen molar-refractivity contribution in [2.45, 2.75) is 12.5 Å². The number of hydrogen-bond acceptors (Lipinski definition) is 5. The number of hydrogen-bond donors (Lipinski definition) is 0. The number of methoxy groups -OCH3 is 1. The first-order valence-electron chi connectivity index (χ1n) is 6.09. The fraction of sp³-hybridized carbons (Fsp3) is 0.462. The highest BCUT2D eigenvalue weighted by molar-refractivity contribution is 7.99. The van der Waals surface area contributed by atoms with Crippen LogP contribution in [0.15, 0.2) is 24.4 Å². The molecule has 0 N–H and O–H groups in total. The van der Waals surface area contributed by atoms with Crippen molar-refractivity contribution in [3.8, 4) is 0 Å². The maximum atomic E-state index is 12.4. The van der Waals surface area contributed by atoms with Gasteiger partial charge in [0.05, 0.1) is 19.6 Å². The molecule has 0 saturated carbocycles. The number of rotatable bonds is 3. The summed E-state index contributed by atoms with van der Waals surface area (Å²) in [6.45, 7) is 0.641. The minimum Gasteiger partial charge on any atom is -0.469 e. The number of carbonyl (C=O) groups is 2. The summed E-state index contributed by atoms with van der Waals surface area (Å²) in [4.78, 5) is 29.6. The quantitative estimate of drug-likeness (QED) is 0.779. The van der Waals surface area contributed by atoms with Crippen molar-refractivity contribution in [3.63, 3.8) is 0 Å². The lowest BCUT2D eigenvalue weighted by atomic mass is 10.1. The number of amides is 1. The van der Waals surface area contributed by atoms with Crippen LogP contribution >= 0.6 is 11.8 Å². The zero-order valence-electron chi connectivity index (χ0n) is 10.7. The number of esters is 1. The molecule has 2 heterocycles. The predicted molar refractivity (Wildman–Crippen MR) is 73.0 cm³/mol. The van der Waals surface area contributed by atoms with Crippen LogP contribution < -0.4 is 0 Å². The van der Waals surface area contributed by atoms with Crippen LogP contribution in [0.2, 0.25) is 0 Å². The minimum atomic E-state index is -0.286.